The maximum atomic E-state index is 5.59. The Kier molecular flexibility index (Phi) is 5.91. The van der Waals surface area contributed by atoms with Crippen LogP contribution in [0.3, 0.4) is 0 Å². The topological polar surface area (TPSA) is 38.2 Å². The van der Waals surface area contributed by atoms with Crippen molar-refractivity contribution in [1.29, 1.82) is 0 Å². The number of aromatic nitrogens is 2. The fourth-order valence-electron chi connectivity index (χ4n) is 3.22. The zero-order valence-corrected chi connectivity index (χ0v) is 17.0. The molecule has 0 unspecified atom stereocenters. The van der Waals surface area contributed by atoms with Crippen molar-refractivity contribution in [2.75, 3.05) is 24.6 Å². The largest absolute Gasteiger partial charge is 0.494 e. The third kappa shape index (κ3) is 3.88. The molecule has 0 saturated heterocycles. The summed E-state index contributed by atoms with van der Waals surface area (Å²) in [5.74, 6) is 2.59. The predicted octanol–water partition coefficient (Wildman–Crippen LogP) is 5.55. The van der Waals surface area contributed by atoms with Gasteiger partial charge in [-0.3, -0.25) is 0 Å². The Labute approximate surface area is 164 Å². The number of fused-ring (bicyclic) bond motifs is 1. The highest BCUT2D eigenvalue weighted by atomic mass is 32.1. The second-order valence-corrected chi connectivity index (χ2v) is 7.45. The smallest absolute Gasteiger partial charge is 0.142 e. The lowest BCUT2D eigenvalue weighted by molar-refractivity contribution is 0.340. The predicted molar refractivity (Wildman–Crippen MR) is 116 cm³/mol. The Morgan fingerprint density at radius 1 is 1.07 bits per heavy atom. The molecule has 0 radical (unpaired) electrons. The molecule has 5 heteroatoms. The van der Waals surface area contributed by atoms with E-state index in [0.717, 1.165) is 33.2 Å². The minimum atomic E-state index is 0.662. The molecule has 3 aromatic rings. The van der Waals surface area contributed by atoms with Crippen LogP contribution in [0.2, 0.25) is 0 Å². The molecular weight excluding hydrogens is 354 g/mol. The third-order valence-corrected chi connectivity index (χ3v) is 5.27. The number of aryl methyl sites for hydroxylation is 2. The van der Waals surface area contributed by atoms with Crippen LogP contribution >= 0.6 is 11.3 Å². The van der Waals surface area contributed by atoms with Gasteiger partial charge in [0.15, 0.2) is 0 Å². The molecule has 0 aliphatic heterocycles. The Bertz CT molecular complexity index is 950. The van der Waals surface area contributed by atoms with Gasteiger partial charge in [0.25, 0.3) is 0 Å². The average Bonchev–Trinajstić information content (AvgIpc) is 2.97. The second-order valence-electron chi connectivity index (χ2n) is 6.25. The Hall–Kier alpha value is -2.66. The van der Waals surface area contributed by atoms with Crippen molar-refractivity contribution in [3.05, 3.63) is 60.3 Å². The molecule has 0 bridgehead atoms. The van der Waals surface area contributed by atoms with E-state index in [0.29, 0.717) is 19.7 Å². The SMILES string of the molecule is C=CCN(CC=C)c1nc(C)nc2sc(C)c(-c3ccc(OCC)cc3)c12. The monoisotopic (exact) mass is 379 g/mol. The van der Waals surface area contributed by atoms with E-state index in [1.54, 1.807) is 11.3 Å². The van der Waals surface area contributed by atoms with Crippen molar-refractivity contribution in [2.45, 2.75) is 20.8 Å². The lowest BCUT2D eigenvalue weighted by atomic mass is 10.0. The van der Waals surface area contributed by atoms with E-state index in [1.165, 1.54) is 10.4 Å². The van der Waals surface area contributed by atoms with Crippen molar-refractivity contribution >= 4 is 27.4 Å². The van der Waals surface area contributed by atoms with Crippen molar-refractivity contribution < 1.29 is 4.74 Å². The van der Waals surface area contributed by atoms with Gasteiger partial charge in [0.1, 0.15) is 22.2 Å². The first-order valence-corrected chi connectivity index (χ1v) is 9.88. The zero-order chi connectivity index (χ0) is 19.4. The molecule has 0 saturated carbocycles. The van der Waals surface area contributed by atoms with Gasteiger partial charge < -0.3 is 9.64 Å². The van der Waals surface area contributed by atoms with Gasteiger partial charge in [0.05, 0.1) is 12.0 Å². The van der Waals surface area contributed by atoms with Gasteiger partial charge in [-0.15, -0.1) is 24.5 Å². The number of hydrogen-bond donors (Lipinski definition) is 0. The first-order valence-electron chi connectivity index (χ1n) is 9.06. The highest BCUT2D eigenvalue weighted by Gasteiger charge is 2.20. The van der Waals surface area contributed by atoms with Crippen LogP contribution in [0, 0.1) is 13.8 Å². The number of benzene rings is 1. The van der Waals surface area contributed by atoms with Gasteiger partial charge in [-0.05, 0) is 38.5 Å². The molecule has 0 spiro atoms. The molecule has 0 N–H and O–H groups in total. The van der Waals surface area contributed by atoms with Crippen molar-refractivity contribution in [1.82, 2.24) is 9.97 Å². The molecule has 2 heterocycles. The van der Waals surface area contributed by atoms with Crippen LogP contribution in [0.25, 0.3) is 21.3 Å². The van der Waals surface area contributed by atoms with Crippen LogP contribution in [0.5, 0.6) is 5.75 Å². The molecule has 27 heavy (non-hydrogen) atoms. The summed E-state index contributed by atoms with van der Waals surface area (Å²) in [5, 5.41) is 1.09. The minimum absolute atomic E-state index is 0.662. The maximum Gasteiger partial charge on any atom is 0.142 e. The molecule has 140 valence electrons. The summed E-state index contributed by atoms with van der Waals surface area (Å²) in [4.78, 5) is 13.9. The van der Waals surface area contributed by atoms with Gasteiger partial charge in [0.2, 0.25) is 0 Å². The van der Waals surface area contributed by atoms with Gasteiger partial charge >= 0.3 is 0 Å². The highest BCUT2D eigenvalue weighted by Crippen LogP contribution is 2.42. The first-order chi connectivity index (χ1) is 13.1. The van der Waals surface area contributed by atoms with Crippen molar-refractivity contribution in [3.63, 3.8) is 0 Å². The van der Waals surface area contributed by atoms with E-state index in [4.69, 9.17) is 14.7 Å². The fourth-order valence-corrected chi connectivity index (χ4v) is 4.30. The maximum absolute atomic E-state index is 5.59. The summed E-state index contributed by atoms with van der Waals surface area (Å²) in [7, 11) is 0. The molecular formula is C22H25N3OS. The Balaban J connectivity index is 2.22. The Morgan fingerprint density at radius 2 is 1.74 bits per heavy atom. The Morgan fingerprint density at radius 3 is 2.33 bits per heavy atom. The van der Waals surface area contributed by atoms with Gasteiger partial charge in [0, 0.05) is 23.5 Å². The van der Waals surface area contributed by atoms with Gasteiger partial charge in [-0.25, -0.2) is 9.97 Å². The van der Waals surface area contributed by atoms with E-state index < -0.39 is 0 Å². The highest BCUT2D eigenvalue weighted by molar-refractivity contribution is 7.19. The lowest BCUT2D eigenvalue weighted by Gasteiger charge is -2.22. The van der Waals surface area contributed by atoms with E-state index in [-0.39, 0.29) is 0 Å². The summed E-state index contributed by atoms with van der Waals surface area (Å²) in [6.45, 7) is 15.9. The number of anilines is 1. The normalized spacial score (nSPS) is 10.8. The summed E-state index contributed by atoms with van der Waals surface area (Å²) >= 11 is 1.71. The van der Waals surface area contributed by atoms with E-state index >= 15 is 0 Å². The molecule has 0 aliphatic carbocycles. The van der Waals surface area contributed by atoms with Crippen LogP contribution in [-0.4, -0.2) is 29.7 Å². The zero-order valence-electron chi connectivity index (χ0n) is 16.2. The van der Waals surface area contributed by atoms with Gasteiger partial charge in [-0.1, -0.05) is 24.3 Å². The van der Waals surface area contributed by atoms with Crippen LogP contribution < -0.4 is 9.64 Å². The molecule has 1 aromatic carbocycles. The number of nitrogens with zero attached hydrogens (tertiary/aromatic N) is 3. The quantitative estimate of drug-likeness (QED) is 0.481. The van der Waals surface area contributed by atoms with Crippen molar-refractivity contribution in [2.24, 2.45) is 0 Å². The van der Waals surface area contributed by atoms with Crippen LogP contribution in [-0.2, 0) is 0 Å². The number of hydrogen-bond acceptors (Lipinski definition) is 5. The second kappa shape index (κ2) is 8.35. The summed E-state index contributed by atoms with van der Waals surface area (Å²) in [5.41, 5.74) is 2.33. The summed E-state index contributed by atoms with van der Waals surface area (Å²) in [6.07, 6.45) is 3.78. The molecule has 4 nitrogen and oxygen atoms in total. The van der Waals surface area contributed by atoms with Crippen molar-refractivity contribution in [3.8, 4) is 16.9 Å². The lowest BCUT2D eigenvalue weighted by Crippen LogP contribution is -2.24. The number of thiophene rings is 1. The molecule has 0 amide bonds. The average molecular weight is 380 g/mol. The van der Waals surface area contributed by atoms with Gasteiger partial charge in [-0.2, -0.15) is 0 Å². The fraction of sp³-hybridized carbons (Fsp3) is 0.273. The molecule has 0 atom stereocenters. The standard InChI is InChI=1S/C22H25N3OS/c1-6-13-25(14-7-2)21-20-19(15(4)27-22(20)24-16(5)23-21)17-9-11-18(12-10-17)26-8-3/h6-7,9-12H,1-2,8,13-14H2,3-5H3. The summed E-state index contributed by atoms with van der Waals surface area (Å²) < 4.78 is 5.59. The van der Waals surface area contributed by atoms with E-state index in [1.807, 2.05) is 38.1 Å². The van der Waals surface area contributed by atoms with E-state index in [2.05, 4.69) is 37.1 Å². The van der Waals surface area contributed by atoms with E-state index in [9.17, 15) is 0 Å². The number of rotatable bonds is 8. The molecule has 0 aliphatic rings. The minimum Gasteiger partial charge on any atom is -0.494 e. The molecule has 3 rings (SSSR count). The van der Waals surface area contributed by atoms with Crippen LogP contribution in [0.15, 0.2) is 49.6 Å². The third-order valence-electron chi connectivity index (χ3n) is 4.27. The molecule has 2 aromatic heterocycles. The first kappa shape index (κ1) is 19.1. The molecule has 0 fully saturated rings. The number of ether oxygens (including phenoxy) is 1. The summed E-state index contributed by atoms with van der Waals surface area (Å²) in [6, 6.07) is 8.24. The van der Waals surface area contributed by atoms with Crippen LogP contribution in [0.1, 0.15) is 17.6 Å². The van der Waals surface area contributed by atoms with Crippen LogP contribution in [0.4, 0.5) is 5.82 Å².